The van der Waals surface area contributed by atoms with Gasteiger partial charge in [-0.15, -0.1) is 0 Å². The molecule has 1 aliphatic rings. The number of nitrogens with zero attached hydrogens (tertiary/aromatic N) is 1. The van der Waals surface area contributed by atoms with Crippen LogP contribution in [0.25, 0.3) is 22.4 Å². The third-order valence-electron chi connectivity index (χ3n) is 4.33. The molecule has 3 aromatic rings. The minimum atomic E-state index is -0.187. The number of nitrogens with one attached hydrogen (secondary N) is 1. The van der Waals surface area contributed by atoms with Crippen molar-refractivity contribution in [3.8, 4) is 22.9 Å². The van der Waals surface area contributed by atoms with Gasteiger partial charge in [-0.1, -0.05) is 12.1 Å². The Hall–Kier alpha value is -2.57. The van der Waals surface area contributed by atoms with Gasteiger partial charge in [-0.2, -0.15) is 0 Å². The van der Waals surface area contributed by atoms with Gasteiger partial charge in [-0.3, -0.25) is 0 Å². The number of aromatic nitrogens is 2. The molecule has 0 unspecified atom stereocenters. The molecule has 0 atom stereocenters. The first kappa shape index (κ1) is 16.9. The first-order valence-electron chi connectivity index (χ1n) is 8.82. The van der Waals surface area contributed by atoms with Gasteiger partial charge in [0, 0.05) is 12.0 Å². The standard InChI is InChI=1S/C20H22N2O4/c1-23-17-8-7-14(20-21-15-5-2-3-6-16(15)22-20)13-18(17)24-12-9-19-25-10-4-11-26-19/h2-3,5-8,13,19H,4,9-12H2,1H3,(H,21,22). The minimum Gasteiger partial charge on any atom is -0.493 e. The predicted molar refractivity (Wildman–Crippen MR) is 98.5 cm³/mol. The Labute approximate surface area is 152 Å². The average Bonchev–Trinajstić information content (AvgIpc) is 3.13. The van der Waals surface area contributed by atoms with E-state index in [9.17, 15) is 0 Å². The number of imidazole rings is 1. The topological polar surface area (TPSA) is 65.6 Å². The summed E-state index contributed by atoms with van der Waals surface area (Å²) in [6.45, 7) is 1.98. The fourth-order valence-corrected chi connectivity index (χ4v) is 2.99. The van der Waals surface area contributed by atoms with Crippen LogP contribution >= 0.6 is 0 Å². The van der Waals surface area contributed by atoms with Gasteiger partial charge in [0.05, 0.1) is 38.0 Å². The fraction of sp³-hybridized carbons (Fsp3) is 0.350. The molecule has 136 valence electrons. The summed E-state index contributed by atoms with van der Waals surface area (Å²) in [4.78, 5) is 7.98. The van der Waals surface area contributed by atoms with Gasteiger partial charge >= 0.3 is 0 Å². The number of para-hydroxylation sites is 2. The van der Waals surface area contributed by atoms with E-state index in [0.29, 0.717) is 24.5 Å². The first-order valence-corrected chi connectivity index (χ1v) is 8.82. The van der Waals surface area contributed by atoms with Gasteiger partial charge < -0.3 is 23.9 Å². The molecule has 6 nitrogen and oxygen atoms in total. The van der Waals surface area contributed by atoms with Crippen LogP contribution in [0.5, 0.6) is 11.5 Å². The smallest absolute Gasteiger partial charge is 0.161 e. The molecule has 4 rings (SSSR count). The van der Waals surface area contributed by atoms with Gasteiger partial charge in [-0.25, -0.2) is 4.98 Å². The molecule has 0 aliphatic carbocycles. The summed E-state index contributed by atoms with van der Waals surface area (Å²) < 4.78 is 22.5. The number of hydrogen-bond donors (Lipinski definition) is 1. The van der Waals surface area contributed by atoms with Gasteiger partial charge in [0.2, 0.25) is 0 Å². The maximum absolute atomic E-state index is 5.94. The zero-order valence-corrected chi connectivity index (χ0v) is 14.7. The molecule has 0 bridgehead atoms. The highest BCUT2D eigenvalue weighted by atomic mass is 16.7. The number of hydrogen-bond acceptors (Lipinski definition) is 5. The van der Waals surface area contributed by atoms with Crippen molar-refractivity contribution in [2.45, 2.75) is 19.1 Å². The summed E-state index contributed by atoms with van der Waals surface area (Å²) in [5.74, 6) is 2.18. The lowest BCUT2D eigenvalue weighted by Crippen LogP contribution is -2.26. The van der Waals surface area contributed by atoms with Crippen molar-refractivity contribution in [3.63, 3.8) is 0 Å². The number of fused-ring (bicyclic) bond motifs is 1. The van der Waals surface area contributed by atoms with Crippen LogP contribution in [0.3, 0.4) is 0 Å². The van der Waals surface area contributed by atoms with E-state index in [1.807, 2.05) is 42.5 Å². The van der Waals surface area contributed by atoms with Crippen molar-refractivity contribution in [2.24, 2.45) is 0 Å². The van der Waals surface area contributed by atoms with Crippen LogP contribution in [0.2, 0.25) is 0 Å². The quantitative estimate of drug-likeness (QED) is 0.730. The lowest BCUT2D eigenvalue weighted by atomic mass is 10.2. The van der Waals surface area contributed by atoms with Crippen LogP contribution < -0.4 is 9.47 Å². The first-order chi connectivity index (χ1) is 12.8. The molecule has 2 aromatic carbocycles. The maximum Gasteiger partial charge on any atom is 0.161 e. The molecule has 0 radical (unpaired) electrons. The van der Waals surface area contributed by atoms with Gasteiger partial charge in [0.15, 0.2) is 17.8 Å². The molecule has 0 amide bonds. The summed E-state index contributed by atoms with van der Waals surface area (Å²) in [5, 5.41) is 0. The number of aromatic amines is 1. The highest BCUT2D eigenvalue weighted by Gasteiger charge is 2.15. The summed E-state index contributed by atoms with van der Waals surface area (Å²) >= 11 is 0. The molecular weight excluding hydrogens is 332 g/mol. The number of ether oxygens (including phenoxy) is 4. The third-order valence-corrected chi connectivity index (χ3v) is 4.33. The number of benzene rings is 2. The van der Waals surface area contributed by atoms with Gasteiger partial charge in [0.25, 0.3) is 0 Å². The summed E-state index contributed by atoms with van der Waals surface area (Å²) in [6.07, 6.45) is 1.44. The largest absolute Gasteiger partial charge is 0.493 e. The molecule has 0 saturated carbocycles. The zero-order chi connectivity index (χ0) is 17.8. The second-order valence-electron chi connectivity index (χ2n) is 6.13. The maximum atomic E-state index is 5.94. The van der Waals surface area contributed by atoms with Crippen LogP contribution in [0.4, 0.5) is 0 Å². The van der Waals surface area contributed by atoms with E-state index < -0.39 is 0 Å². The molecule has 6 heteroatoms. The van der Waals surface area contributed by atoms with Crippen LogP contribution in [-0.2, 0) is 9.47 Å². The lowest BCUT2D eigenvalue weighted by molar-refractivity contribution is -0.183. The monoisotopic (exact) mass is 354 g/mol. The van der Waals surface area contributed by atoms with E-state index in [2.05, 4.69) is 9.97 Å². The molecule has 1 aromatic heterocycles. The number of H-pyrrole nitrogens is 1. The molecule has 1 fully saturated rings. The van der Waals surface area contributed by atoms with Crippen molar-refractivity contribution < 1.29 is 18.9 Å². The summed E-state index contributed by atoms with van der Waals surface area (Å²) in [7, 11) is 1.64. The molecule has 0 spiro atoms. The van der Waals surface area contributed by atoms with Crippen molar-refractivity contribution in [1.82, 2.24) is 9.97 Å². The van der Waals surface area contributed by atoms with E-state index in [0.717, 1.165) is 42.1 Å². The molecule has 1 aliphatic heterocycles. The highest BCUT2D eigenvalue weighted by molar-refractivity contribution is 5.79. The van der Waals surface area contributed by atoms with Crippen LogP contribution in [0.15, 0.2) is 42.5 Å². The second kappa shape index (κ2) is 7.76. The minimum absolute atomic E-state index is 0.187. The molecule has 26 heavy (non-hydrogen) atoms. The normalized spacial score (nSPS) is 15.3. The summed E-state index contributed by atoms with van der Waals surface area (Å²) in [5.41, 5.74) is 2.89. The van der Waals surface area contributed by atoms with Crippen molar-refractivity contribution >= 4 is 11.0 Å². The van der Waals surface area contributed by atoms with Crippen LogP contribution in [0.1, 0.15) is 12.8 Å². The SMILES string of the molecule is COc1ccc(-c2nc3ccccc3[nH]2)cc1OCCC1OCCCO1. The van der Waals surface area contributed by atoms with E-state index in [1.165, 1.54) is 0 Å². The molecule has 1 saturated heterocycles. The number of methoxy groups -OCH3 is 1. The fourth-order valence-electron chi connectivity index (χ4n) is 2.99. The third kappa shape index (κ3) is 3.66. The Bertz CT molecular complexity index is 838. The Morgan fingerprint density at radius 1 is 1.12 bits per heavy atom. The van der Waals surface area contributed by atoms with Crippen molar-refractivity contribution in [3.05, 3.63) is 42.5 Å². The molecule has 2 heterocycles. The highest BCUT2D eigenvalue weighted by Crippen LogP contribution is 2.32. The van der Waals surface area contributed by atoms with Crippen LogP contribution in [-0.4, -0.2) is 43.2 Å². The van der Waals surface area contributed by atoms with Crippen molar-refractivity contribution in [1.29, 1.82) is 0 Å². The molecular formula is C20H22N2O4. The predicted octanol–water partition coefficient (Wildman–Crippen LogP) is 3.77. The lowest BCUT2D eigenvalue weighted by Gasteiger charge is -2.23. The molecule has 1 N–H and O–H groups in total. The Morgan fingerprint density at radius 2 is 1.96 bits per heavy atom. The van der Waals surface area contributed by atoms with Crippen LogP contribution in [0, 0.1) is 0 Å². The second-order valence-corrected chi connectivity index (χ2v) is 6.13. The Kier molecular flexibility index (Phi) is 5.04. The summed E-state index contributed by atoms with van der Waals surface area (Å²) in [6, 6.07) is 13.8. The van der Waals surface area contributed by atoms with E-state index >= 15 is 0 Å². The van der Waals surface area contributed by atoms with E-state index in [4.69, 9.17) is 18.9 Å². The zero-order valence-electron chi connectivity index (χ0n) is 14.7. The Morgan fingerprint density at radius 3 is 2.77 bits per heavy atom. The van der Waals surface area contributed by atoms with E-state index in [-0.39, 0.29) is 6.29 Å². The Balaban J connectivity index is 1.50. The average molecular weight is 354 g/mol. The van der Waals surface area contributed by atoms with Gasteiger partial charge in [-0.05, 0) is 36.8 Å². The van der Waals surface area contributed by atoms with E-state index in [1.54, 1.807) is 7.11 Å². The number of rotatable bonds is 6. The van der Waals surface area contributed by atoms with Crippen molar-refractivity contribution in [2.75, 3.05) is 26.9 Å². The van der Waals surface area contributed by atoms with Gasteiger partial charge in [0.1, 0.15) is 5.82 Å².